The lowest BCUT2D eigenvalue weighted by Crippen LogP contribution is -2.48. The Morgan fingerprint density at radius 1 is 1.04 bits per heavy atom. The highest BCUT2D eigenvalue weighted by Crippen LogP contribution is 2.31. The number of piperidine rings is 1. The second kappa shape index (κ2) is 8.10. The number of amides is 1. The molecule has 142 valence electrons. The summed E-state index contributed by atoms with van der Waals surface area (Å²) in [6.07, 6.45) is 8.14. The summed E-state index contributed by atoms with van der Waals surface area (Å²) >= 11 is 0. The lowest BCUT2D eigenvalue weighted by Gasteiger charge is -2.39. The Kier molecular flexibility index (Phi) is 5.60. The van der Waals surface area contributed by atoms with Crippen molar-refractivity contribution in [2.24, 2.45) is 11.8 Å². The van der Waals surface area contributed by atoms with Crippen LogP contribution in [-0.4, -0.2) is 53.0 Å². The van der Waals surface area contributed by atoms with Crippen molar-refractivity contribution in [3.05, 3.63) is 35.4 Å². The molecule has 2 aliphatic heterocycles. The molecule has 1 aromatic rings. The van der Waals surface area contributed by atoms with Gasteiger partial charge in [-0.05, 0) is 62.1 Å². The van der Waals surface area contributed by atoms with E-state index in [1.807, 2.05) is 6.07 Å². The molecule has 2 saturated heterocycles. The number of hydrogen-bond acceptors (Lipinski definition) is 3. The van der Waals surface area contributed by atoms with Crippen molar-refractivity contribution in [3.8, 4) is 0 Å². The lowest BCUT2D eigenvalue weighted by atomic mass is 9.84. The minimum absolute atomic E-state index is 0.128. The van der Waals surface area contributed by atoms with Crippen molar-refractivity contribution in [2.75, 3.05) is 26.2 Å². The number of benzene rings is 1. The maximum Gasteiger partial charge on any atom is 0.225 e. The maximum atomic E-state index is 12.4. The Bertz CT molecular complexity index is 620. The zero-order valence-corrected chi connectivity index (χ0v) is 15.8. The van der Waals surface area contributed by atoms with Crippen LogP contribution in [0.1, 0.15) is 49.7 Å². The molecule has 1 aliphatic carbocycles. The van der Waals surface area contributed by atoms with Crippen molar-refractivity contribution in [2.45, 2.75) is 57.6 Å². The topological polar surface area (TPSA) is 43.8 Å². The third kappa shape index (κ3) is 3.96. The second-order valence-corrected chi connectivity index (χ2v) is 8.52. The number of hydrogen-bond donors (Lipinski definition) is 1. The molecule has 2 heterocycles. The van der Waals surface area contributed by atoms with Gasteiger partial charge in [0.15, 0.2) is 0 Å². The van der Waals surface area contributed by atoms with E-state index in [2.05, 4.69) is 28.0 Å². The molecule has 26 heavy (non-hydrogen) atoms. The van der Waals surface area contributed by atoms with Crippen LogP contribution in [0.3, 0.4) is 0 Å². The molecule has 4 rings (SSSR count). The summed E-state index contributed by atoms with van der Waals surface area (Å²) in [5.41, 5.74) is 2.37. The highest BCUT2D eigenvalue weighted by molar-refractivity contribution is 5.79. The van der Waals surface area contributed by atoms with E-state index in [4.69, 9.17) is 0 Å². The Morgan fingerprint density at radius 3 is 2.50 bits per heavy atom. The number of aliphatic hydroxyl groups is 1. The largest absolute Gasteiger partial charge is 0.392 e. The molecule has 0 radical (unpaired) electrons. The fourth-order valence-corrected chi connectivity index (χ4v) is 4.91. The molecular weight excluding hydrogens is 324 g/mol. The average molecular weight is 357 g/mol. The zero-order chi connectivity index (χ0) is 17.9. The van der Waals surface area contributed by atoms with Gasteiger partial charge in [-0.15, -0.1) is 0 Å². The van der Waals surface area contributed by atoms with E-state index in [9.17, 15) is 9.90 Å². The normalized spacial score (nSPS) is 25.4. The fraction of sp³-hybridized carbons (Fsp3) is 0.682. The smallest absolute Gasteiger partial charge is 0.225 e. The number of nitrogens with zero attached hydrogens (tertiary/aromatic N) is 2. The molecule has 0 unspecified atom stereocenters. The van der Waals surface area contributed by atoms with Crippen molar-refractivity contribution < 1.29 is 9.90 Å². The standard InChI is InChI=1S/C22H32N2O2/c25-16-19-4-1-3-17(14-19)13-18-7-10-24(15-18)21-8-11-23(12-9-21)22(26)20-5-2-6-20/h1,3-4,14,18,20-21,25H,2,5-13,15-16H2/t18-/m1/s1. The molecule has 4 nitrogen and oxygen atoms in total. The Balaban J connectivity index is 1.24. The number of carbonyl (C=O) groups excluding carboxylic acids is 1. The zero-order valence-electron chi connectivity index (χ0n) is 15.8. The third-order valence-corrected chi connectivity index (χ3v) is 6.76. The Morgan fingerprint density at radius 2 is 1.81 bits per heavy atom. The van der Waals surface area contributed by atoms with Gasteiger partial charge in [0.2, 0.25) is 5.91 Å². The number of likely N-dealkylation sites (tertiary alicyclic amines) is 2. The summed E-state index contributed by atoms with van der Waals surface area (Å²) < 4.78 is 0. The van der Waals surface area contributed by atoms with Gasteiger partial charge in [0.25, 0.3) is 0 Å². The summed E-state index contributed by atoms with van der Waals surface area (Å²) in [6, 6.07) is 9.04. The molecule has 1 N–H and O–H groups in total. The van der Waals surface area contributed by atoms with E-state index in [1.165, 1.54) is 31.5 Å². The third-order valence-electron chi connectivity index (χ3n) is 6.76. The highest BCUT2D eigenvalue weighted by atomic mass is 16.3. The molecule has 3 fully saturated rings. The second-order valence-electron chi connectivity index (χ2n) is 8.52. The van der Waals surface area contributed by atoms with Gasteiger partial charge in [-0.2, -0.15) is 0 Å². The van der Waals surface area contributed by atoms with Gasteiger partial charge in [-0.3, -0.25) is 9.69 Å². The van der Waals surface area contributed by atoms with Crippen LogP contribution in [0.25, 0.3) is 0 Å². The number of carbonyl (C=O) groups is 1. The van der Waals surface area contributed by atoms with Crippen LogP contribution in [0, 0.1) is 11.8 Å². The van der Waals surface area contributed by atoms with Crippen LogP contribution in [0.15, 0.2) is 24.3 Å². The van der Waals surface area contributed by atoms with Gasteiger partial charge in [-0.25, -0.2) is 0 Å². The minimum Gasteiger partial charge on any atom is -0.392 e. The lowest BCUT2D eigenvalue weighted by molar-refractivity contribution is -0.139. The first kappa shape index (κ1) is 18.0. The molecule has 0 spiro atoms. The van der Waals surface area contributed by atoms with Crippen molar-refractivity contribution in [3.63, 3.8) is 0 Å². The van der Waals surface area contributed by atoms with E-state index in [-0.39, 0.29) is 6.61 Å². The molecular formula is C22H32N2O2. The van der Waals surface area contributed by atoms with E-state index in [0.717, 1.165) is 56.7 Å². The molecule has 1 saturated carbocycles. The summed E-state index contributed by atoms with van der Waals surface area (Å²) in [4.78, 5) is 17.2. The van der Waals surface area contributed by atoms with Gasteiger partial charge in [-0.1, -0.05) is 30.7 Å². The van der Waals surface area contributed by atoms with E-state index >= 15 is 0 Å². The van der Waals surface area contributed by atoms with Crippen LogP contribution in [-0.2, 0) is 17.8 Å². The molecule has 4 heteroatoms. The molecule has 0 aromatic heterocycles. The van der Waals surface area contributed by atoms with Crippen LogP contribution in [0.2, 0.25) is 0 Å². The molecule has 0 bridgehead atoms. The van der Waals surface area contributed by atoms with Gasteiger partial charge in [0.1, 0.15) is 0 Å². The van der Waals surface area contributed by atoms with Crippen LogP contribution < -0.4 is 0 Å². The molecule has 1 atom stereocenters. The van der Waals surface area contributed by atoms with E-state index in [1.54, 1.807) is 0 Å². The first-order valence-corrected chi connectivity index (χ1v) is 10.4. The first-order valence-electron chi connectivity index (χ1n) is 10.4. The van der Waals surface area contributed by atoms with E-state index in [0.29, 0.717) is 17.9 Å². The van der Waals surface area contributed by atoms with Gasteiger partial charge in [0.05, 0.1) is 6.61 Å². The van der Waals surface area contributed by atoms with E-state index < -0.39 is 0 Å². The quantitative estimate of drug-likeness (QED) is 0.882. The molecule has 3 aliphatic rings. The van der Waals surface area contributed by atoms with Gasteiger partial charge >= 0.3 is 0 Å². The minimum atomic E-state index is 0.128. The summed E-state index contributed by atoms with van der Waals surface area (Å²) in [7, 11) is 0. The summed E-state index contributed by atoms with van der Waals surface area (Å²) in [5.74, 6) is 1.49. The summed E-state index contributed by atoms with van der Waals surface area (Å²) in [6.45, 7) is 4.43. The number of rotatable bonds is 5. The number of aliphatic hydroxyl groups excluding tert-OH is 1. The molecule has 1 amide bonds. The molecule has 1 aromatic carbocycles. The van der Waals surface area contributed by atoms with Crippen LogP contribution in [0.5, 0.6) is 0 Å². The van der Waals surface area contributed by atoms with Crippen molar-refractivity contribution in [1.29, 1.82) is 0 Å². The highest BCUT2D eigenvalue weighted by Gasteiger charge is 2.34. The maximum absolute atomic E-state index is 12.4. The fourth-order valence-electron chi connectivity index (χ4n) is 4.91. The average Bonchev–Trinajstić information content (AvgIpc) is 3.09. The van der Waals surface area contributed by atoms with Gasteiger partial charge < -0.3 is 10.0 Å². The first-order chi connectivity index (χ1) is 12.7. The van der Waals surface area contributed by atoms with Crippen LogP contribution in [0.4, 0.5) is 0 Å². The SMILES string of the molecule is O=C(C1CCC1)N1CCC(N2CC[C@H](Cc3cccc(CO)c3)C2)CC1. The van der Waals surface area contributed by atoms with Gasteiger partial charge in [0, 0.05) is 31.6 Å². The van der Waals surface area contributed by atoms with Crippen molar-refractivity contribution >= 4 is 5.91 Å². The van der Waals surface area contributed by atoms with Crippen molar-refractivity contribution in [1.82, 2.24) is 9.80 Å². The Labute approximate surface area is 157 Å². The predicted molar refractivity (Wildman–Crippen MR) is 103 cm³/mol. The Hall–Kier alpha value is -1.39. The van der Waals surface area contributed by atoms with Crippen LogP contribution >= 0.6 is 0 Å². The predicted octanol–water partition coefficient (Wildman–Crippen LogP) is 2.83. The summed E-state index contributed by atoms with van der Waals surface area (Å²) in [5, 5.41) is 9.31. The monoisotopic (exact) mass is 356 g/mol.